The minimum Gasteiger partial charge on any atom is -0.346 e. The van der Waals surface area contributed by atoms with Crippen molar-refractivity contribution in [2.45, 2.75) is 51.7 Å². The molecule has 20 heavy (non-hydrogen) atoms. The van der Waals surface area contributed by atoms with Gasteiger partial charge in [0, 0.05) is 56.6 Å². The van der Waals surface area contributed by atoms with Crippen LogP contribution in [-0.2, 0) is 11.3 Å². The van der Waals surface area contributed by atoms with Gasteiger partial charge in [-0.2, -0.15) is 0 Å². The van der Waals surface area contributed by atoms with E-state index in [1.165, 1.54) is 11.4 Å². The Hall–Kier alpha value is -1.29. The third-order valence-electron chi connectivity index (χ3n) is 5.12. The van der Waals surface area contributed by atoms with Crippen molar-refractivity contribution in [3.63, 3.8) is 0 Å². The van der Waals surface area contributed by atoms with Crippen LogP contribution >= 0.6 is 0 Å². The highest BCUT2D eigenvalue weighted by molar-refractivity contribution is 5.76. The number of hydrogen-bond acceptors (Lipinski definition) is 2. The second kappa shape index (κ2) is 5.24. The van der Waals surface area contributed by atoms with Crippen molar-refractivity contribution in [2.24, 2.45) is 0 Å². The molecule has 0 saturated carbocycles. The van der Waals surface area contributed by atoms with Gasteiger partial charge in [0.05, 0.1) is 0 Å². The molecule has 4 heteroatoms. The van der Waals surface area contributed by atoms with Crippen molar-refractivity contribution in [1.82, 2.24) is 14.4 Å². The van der Waals surface area contributed by atoms with Crippen LogP contribution in [-0.4, -0.2) is 46.5 Å². The number of aryl methyl sites for hydroxylation is 1. The molecule has 1 saturated heterocycles. The molecule has 0 bridgehead atoms. The Morgan fingerprint density at radius 2 is 1.95 bits per heavy atom. The monoisotopic (exact) mass is 275 g/mol. The van der Waals surface area contributed by atoms with E-state index in [1.807, 2.05) is 11.9 Å². The first-order valence-corrected chi connectivity index (χ1v) is 7.73. The summed E-state index contributed by atoms with van der Waals surface area (Å²) in [6, 6.07) is 5.49. The van der Waals surface area contributed by atoms with Crippen LogP contribution in [0.4, 0.5) is 0 Å². The molecule has 1 aromatic heterocycles. The lowest BCUT2D eigenvalue weighted by atomic mass is 10.0. The Morgan fingerprint density at radius 1 is 1.15 bits per heavy atom. The van der Waals surface area contributed by atoms with Gasteiger partial charge in [-0.05, 0) is 38.8 Å². The fourth-order valence-corrected chi connectivity index (χ4v) is 3.76. The van der Waals surface area contributed by atoms with Crippen molar-refractivity contribution in [3.05, 3.63) is 23.5 Å². The number of aromatic nitrogens is 1. The van der Waals surface area contributed by atoms with E-state index in [0.717, 1.165) is 32.5 Å². The third kappa shape index (κ3) is 2.26. The predicted molar refractivity (Wildman–Crippen MR) is 79.6 cm³/mol. The first-order valence-electron chi connectivity index (χ1n) is 7.73. The highest BCUT2D eigenvalue weighted by atomic mass is 16.2. The van der Waals surface area contributed by atoms with E-state index in [2.05, 4.69) is 35.4 Å². The fraction of sp³-hybridized carbons (Fsp3) is 0.688. The Morgan fingerprint density at radius 3 is 2.75 bits per heavy atom. The number of hydrogen-bond donors (Lipinski definition) is 0. The topological polar surface area (TPSA) is 28.5 Å². The van der Waals surface area contributed by atoms with Gasteiger partial charge in [-0.3, -0.25) is 9.69 Å². The van der Waals surface area contributed by atoms with E-state index in [9.17, 15) is 4.79 Å². The van der Waals surface area contributed by atoms with Crippen LogP contribution in [0.15, 0.2) is 12.1 Å². The molecule has 2 aliphatic heterocycles. The average Bonchev–Trinajstić information content (AvgIpc) is 2.73. The van der Waals surface area contributed by atoms with Crippen LogP contribution < -0.4 is 0 Å². The standard InChI is InChI=1S/C16H25N3O/c1-12-4-6-15-13(2)19(11-10-18(12)15)14-5-7-16(20)17(3)9-8-14/h4,6,13-14H,5,7-11H2,1-3H3. The molecular formula is C16H25N3O. The van der Waals surface area contributed by atoms with Gasteiger partial charge in [-0.25, -0.2) is 0 Å². The van der Waals surface area contributed by atoms with E-state index >= 15 is 0 Å². The summed E-state index contributed by atoms with van der Waals surface area (Å²) in [4.78, 5) is 16.3. The maximum absolute atomic E-state index is 11.8. The highest BCUT2D eigenvalue weighted by Crippen LogP contribution is 2.31. The zero-order valence-corrected chi connectivity index (χ0v) is 12.8. The number of likely N-dealkylation sites (tertiary alicyclic amines) is 1. The second-order valence-electron chi connectivity index (χ2n) is 6.26. The second-order valence-corrected chi connectivity index (χ2v) is 6.26. The van der Waals surface area contributed by atoms with Crippen LogP contribution in [0, 0.1) is 6.92 Å². The molecule has 2 aliphatic rings. The Bertz CT molecular complexity index is 508. The summed E-state index contributed by atoms with van der Waals surface area (Å²) in [6.07, 6.45) is 2.81. The van der Waals surface area contributed by atoms with Gasteiger partial charge in [-0.15, -0.1) is 0 Å². The van der Waals surface area contributed by atoms with Crippen molar-refractivity contribution in [2.75, 3.05) is 20.1 Å². The van der Waals surface area contributed by atoms with Crippen LogP contribution in [0.5, 0.6) is 0 Å². The number of carbonyl (C=O) groups is 1. The van der Waals surface area contributed by atoms with Crippen LogP contribution in [0.2, 0.25) is 0 Å². The SMILES string of the molecule is Cc1ccc2n1CCN(C1CCC(=O)N(C)CC1)C2C. The summed E-state index contributed by atoms with van der Waals surface area (Å²) in [6.45, 7) is 7.57. The first kappa shape index (κ1) is 13.7. The quantitative estimate of drug-likeness (QED) is 0.786. The number of rotatable bonds is 1. The van der Waals surface area contributed by atoms with Crippen molar-refractivity contribution in [3.8, 4) is 0 Å². The molecule has 0 spiro atoms. The maximum atomic E-state index is 11.8. The number of amides is 1. The molecule has 0 aromatic carbocycles. The molecule has 0 aliphatic carbocycles. The van der Waals surface area contributed by atoms with Gasteiger partial charge in [0.15, 0.2) is 0 Å². The lowest BCUT2D eigenvalue weighted by molar-refractivity contribution is -0.129. The van der Waals surface area contributed by atoms with Gasteiger partial charge in [0.2, 0.25) is 5.91 Å². The van der Waals surface area contributed by atoms with Gasteiger partial charge >= 0.3 is 0 Å². The first-order chi connectivity index (χ1) is 9.58. The number of fused-ring (bicyclic) bond motifs is 1. The molecule has 2 unspecified atom stereocenters. The minimum absolute atomic E-state index is 0.302. The zero-order valence-electron chi connectivity index (χ0n) is 12.8. The molecule has 1 fully saturated rings. The molecule has 110 valence electrons. The Kier molecular flexibility index (Phi) is 3.59. The van der Waals surface area contributed by atoms with Crippen LogP contribution in [0.3, 0.4) is 0 Å². The molecule has 3 heterocycles. The van der Waals surface area contributed by atoms with Crippen molar-refractivity contribution in [1.29, 1.82) is 0 Å². The molecule has 0 N–H and O–H groups in total. The molecule has 1 aromatic rings. The minimum atomic E-state index is 0.302. The van der Waals surface area contributed by atoms with E-state index in [1.54, 1.807) is 0 Å². The van der Waals surface area contributed by atoms with Gasteiger partial charge in [-0.1, -0.05) is 0 Å². The zero-order chi connectivity index (χ0) is 14.3. The lowest BCUT2D eigenvalue weighted by Crippen LogP contribution is -2.44. The molecule has 1 amide bonds. The van der Waals surface area contributed by atoms with E-state index in [-0.39, 0.29) is 0 Å². The van der Waals surface area contributed by atoms with Gasteiger partial charge < -0.3 is 9.47 Å². The van der Waals surface area contributed by atoms with Crippen LogP contribution in [0.1, 0.15) is 43.6 Å². The summed E-state index contributed by atoms with van der Waals surface area (Å²) in [5, 5.41) is 0. The van der Waals surface area contributed by atoms with Gasteiger partial charge in [0.25, 0.3) is 0 Å². The summed E-state index contributed by atoms with van der Waals surface area (Å²) >= 11 is 0. The normalized spacial score (nSPS) is 28.4. The van der Waals surface area contributed by atoms with Crippen molar-refractivity contribution < 1.29 is 4.79 Å². The molecular weight excluding hydrogens is 250 g/mol. The highest BCUT2D eigenvalue weighted by Gasteiger charge is 2.32. The summed E-state index contributed by atoms with van der Waals surface area (Å²) in [5.74, 6) is 0.302. The van der Waals surface area contributed by atoms with E-state index in [0.29, 0.717) is 24.4 Å². The predicted octanol–water partition coefficient (Wildman–Crippen LogP) is 2.18. The van der Waals surface area contributed by atoms with E-state index in [4.69, 9.17) is 0 Å². The summed E-state index contributed by atoms with van der Waals surface area (Å²) < 4.78 is 2.44. The van der Waals surface area contributed by atoms with Gasteiger partial charge in [0.1, 0.15) is 0 Å². The number of carbonyl (C=O) groups excluding carboxylic acids is 1. The van der Waals surface area contributed by atoms with Crippen molar-refractivity contribution >= 4 is 5.91 Å². The summed E-state index contributed by atoms with van der Waals surface area (Å²) in [7, 11) is 1.93. The molecule has 3 rings (SSSR count). The Balaban J connectivity index is 1.77. The maximum Gasteiger partial charge on any atom is 0.222 e. The largest absolute Gasteiger partial charge is 0.346 e. The summed E-state index contributed by atoms with van der Waals surface area (Å²) in [5.41, 5.74) is 2.79. The number of nitrogens with zero attached hydrogens (tertiary/aromatic N) is 3. The average molecular weight is 275 g/mol. The van der Waals surface area contributed by atoms with Crippen LogP contribution in [0.25, 0.3) is 0 Å². The Labute approximate surface area is 121 Å². The molecule has 2 atom stereocenters. The lowest BCUT2D eigenvalue weighted by Gasteiger charge is -2.40. The smallest absolute Gasteiger partial charge is 0.222 e. The molecule has 0 radical (unpaired) electrons. The molecule has 4 nitrogen and oxygen atoms in total. The van der Waals surface area contributed by atoms with E-state index < -0.39 is 0 Å². The fourth-order valence-electron chi connectivity index (χ4n) is 3.76. The third-order valence-corrected chi connectivity index (χ3v) is 5.12.